The van der Waals surface area contributed by atoms with Crippen molar-refractivity contribution in [3.05, 3.63) is 58.2 Å². The second-order valence-electron chi connectivity index (χ2n) is 6.62. The maximum Gasteiger partial charge on any atom is 0.228 e. The number of hydrogen-bond acceptors (Lipinski definition) is 4. The fourth-order valence-electron chi connectivity index (χ4n) is 2.87. The third kappa shape index (κ3) is 5.74. The zero-order valence-electron chi connectivity index (χ0n) is 16.7. The second-order valence-corrected chi connectivity index (χ2v) is 7.50. The fourth-order valence-corrected chi connectivity index (χ4v) is 3.33. The Balaban J connectivity index is 1.62. The summed E-state index contributed by atoms with van der Waals surface area (Å²) >= 11 is 12.1. The van der Waals surface area contributed by atoms with Crippen LogP contribution >= 0.6 is 23.2 Å². The number of halogens is 2. The van der Waals surface area contributed by atoms with E-state index in [0.29, 0.717) is 36.2 Å². The van der Waals surface area contributed by atoms with Crippen molar-refractivity contribution in [1.29, 1.82) is 0 Å². The minimum Gasteiger partial charge on any atom is -0.357 e. The van der Waals surface area contributed by atoms with Crippen LogP contribution in [0.25, 0.3) is 11.4 Å². The Morgan fingerprint density at radius 1 is 1.28 bits per heavy atom. The SMILES string of the molecule is CCNC(=NCCc1nc(-c2cccc(Cl)c2)no1)N(C)Cc1cc(Cl)cn1C. The normalized spacial score (nSPS) is 11.7. The monoisotopic (exact) mass is 434 g/mol. The molecule has 0 amide bonds. The summed E-state index contributed by atoms with van der Waals surface area (Å²) < 4.78 is 7.36. The van der Waals surface area contributed by atoms with Crippen LogP contribution in [0, 0.1) is 0 Å². The number of hydrogen-bond donors (Lipinski definition) is 1. The van der Waals surface area contributed by atoms with Gasteiger partial charge in [-0.25, -0.2) is 0 Å². The van der Waals surface area contributed by atoms with Gasteiger partial charge in [-0.2, -0.15) is 4.98 Å². The predicted molar refractivity (Wildman–Crippen MR) is 116 cm³/mol. The van der Waals surface area contributed by atoms with Gasteiger partial charge in [-0.1, -0.05) is 40.5 Å². The molecule has 0 fully saturated rings. The average Bonchev–Trinajstić information content (AvgIpc) is 3.27. The molecule has 0 aliphatic rings. The summed E-state index contributed by atoms with van der Waals surface area (Å²) in [6.07, 6.45) is 2.44. The van der Waals surface area contributed by atoms with Gasteiger partial charge >= 0.3 is 0 Å². The molecular formula is C20H24Cl2N6O. The van der Waals surface area contributed by atoms with Crippen molar-refractivity contribution in [3.8, 4) is 11.4 Å². The van der Waals surface area contributed by atoms with Gasteiger partial charge in [0.05, 0.1) is 18.1 Å². The zero-order valence-corrected chi connectivity index (χ0v) is 18.2. The number of aliphatic imine (C=N–C) groups is 1. The van der Waals surface area contributed by atoms with Crippen molar-refractivity contribution < 1.29 is 4.52 Å². The highest BCUT2D eigenvalue weighted by atomic mass is 35.5. The Morgan fingerprint density at radius 3 is 2.79 bits per heavy atom. The standard InChI is InChI=1S/C20H24Cl2N6O/c1-4-23-20(28(3)13-17-11-16(22)12-27(17)2)24-9-8-18-25-19(26-29-18)14-6-5-7-15(21)10-14/h5-7,10-12H,4,8-9,13H2,1-3H3,(H,23,24). The van der Waals surface area contributed by atoms with Crippen molar-refractivity contribution in [3.63, 3.8) is 0 Å². The molecule has 154 valence electrons. The third-order valence-electron chi connectivity index (χ3n) is 4.31. The predicted octanol–water partition coefficient (Wildman–Crippen LogP) is 4.02. The fraction of sp³-hybridized carbons (Fsp3) is 0.350. The Morgan fingerprint density at radius 2 is 2.10 bits per heavy atom. The van der Waals surface area contributed by atoms with Gasteiger partial charge in [-0.15, -0.1) is 0 Å². The van der Waals surface area contributed by atoms with E-state index in [-0.39, 0.29) is 0 Å². The molecule has 0 radical (unpaired) electrons. The van der Waals surface area contributed by atoms with Crippen molar-refractivity contribution in [2.75, 3.05) is 20.1 Å². The largest absolute Gasteiger partial charge is 0.357 e. The number of aryl methyl sites for hydroxylation is 1. The molecule has 3 aromatic rings. The van der Waals surface area contributed by atoms with Gasteiger partial charge < -0.3 is 19.3 Å². The van der Waals surface area contributed by atoms with Crippen LogP contribution in [0.5, 0.6) is 0 Å². The highest BCUT2D eigenvalue weighted by Gasteiger charge is 2.11. The van der Waals surface area contributed by atoms with E-state index in [1.165, 1.54) is 0 Å². The second kappa shape index (κ2) is 9.80. The van der Waals surface area contributed by atoms with E-state index in [0.717, 1.165) is 28.8 Å². The summed E-state index contributed by atoms with van der Waals surface area (Å²) in [6.45, 7) is 4.03. The van der Waals surface area contributed by atoms with Crippen LogP contribution in [0.2, 0.25) is 10.0 Å². The smallest absolute Gasteiger partial charge is 0.228 e. The van der Waals surface area contributed by atoms with Gasteiger partial charge in [0, 0.05) is 49.5 Å². The van der Waals surface area contributed by atoms with Gasteiger partial charge in [0.2, 0.25) is 11.7 Å². The molecule has 1 aromatic carbocycles. The molecule has 7 nitrogen and oxygen atoms in total. The van der Waals surface area contributed by atoms with Crippen molar-refractivity contribution in [2.24, 2.45) is 12.0 Å². The Kier molecular flexibility index (Phi) is 7.17. The van der Waals surface area contributed by atoms with Crippen LogP contribution in [0.3, 0.4) is 0 Å². The molecule has 0 saturated heterocycles. The molecule has 0 aliphatic heterocycles. The van der Waals surface area contributed by atoms with Crippen molar-refractivity contribution in [1.82, 2.24) is 24.9 Å². The van der Waals surface area contributed by atoms with Crippen molar-refractivity contribution in [2.45, 2.75) is 19.9 Å². The maximum atomic E-state index is 6.08. The van der Waals surface area contributed by atoms with Crippen LogP contribution in [-0.2, 0) is 20.0 Å². The lowest BCUT2D eigenvalue weighted by Gasteiger charge is -2.22. The minimum absolute atomic E-state index is 0.524. The molecular weight excluding hydrogens is 411 g/mol. The first-order chi connectivity index (χ1) is 14.0. The van der Waals surface area contributed by atoms with E-state index < -0.39 is 0 Å². The average molecular weight is 435 g/mol. The molecule has 3 rings (SSSR count). The lowest BCUT2D eigenvalue weighted by molar-refractivity contribution is 0.379. The van der Waals surface area contributed by atoms with Gasteiger partial charge in [0.1, 0.15) is 0 Å². The number of nitrogens with one attached hydrogen (secondary N) is 1. The van der Waals surface area contributed by atoms with Gasteiger partial charge in [0.25, 0.3) is 0 Å². The van der Waals surface area contributed by atoms with E-state index in [9.17, 15) is 0 Å². The molecule has 29 heavy (non-hydrogen) atoms. The van der Waals surface area contributed by atoms with E-state index >= 15 is 0 Å². The van der Waals surface area contributed by atoms with E-state index in [4.69, 9.17) is 27.7 Å². The number of nitrogens with zero attached hydrogens (tertiary/aromatic N) is 5. The Bertz CT molecular complexity index is 981. The molecule has 0 saturated carbocycles. The third-order valence-corrected chi connectivity index (χ3v) is 4.75. The lowest BCUT2D eigenvalue weighted by atomic mass is 10.2. The quantitative estimate of drug-likeness (QED) is 0.448. The van der Waals surface area contributed by atoms with Gasteiger partial charge in [-0.3, -0.25) is 4.99 Å². The van der Waals surface area contributed by atoms with Crippen LogP contribution < -0.4 is 5.32 Å². The van der Waals surface area contributed by atoms with Gasteiger partial charge in [-0.05, 0) is 25.1 Å². The maximum absolute atomic E-state index is 6.08. The number of guanidine groups is 1. The van der Waals surface area contributed by atoms with Crippen LogP contribution in [0.1, 0.15) is 18.5 Å². The first kappa shape index (κ1) is 21.2. The number of aromatic nitrogens is 3. The van der Waals surface area contributed by atoms with Gasteiger partial charge in [0.15, 0.2) is 5.96 Å². The highest BCUT2D eigenvalue weighted by molar-refractivity contribution is 6.31. The topological polar surface area (TPSA) is 71.5 Å². The van der Waals surface area contributed by atoms with E-state index in [2.05, 4.69) is 25.3 Å². The number of rotatable bonds is 7. The Labute approximate surface area is 180 Å². The first-order valence-corrected chi connectivity index (χ1v) is 10.1. The lowest BCUT2D eigenvalue weighted by Crippen LogP contribution is -2.39. The molecule has 0 spiro atoms. The molecule has 9 heteroatoms. The molecule has 2 aromatic heterocycles. The van der Waals surface area contributed by atoms with Crippen LogP contribution in [0.4, 0.5) is 0 Å². The van der Waals surface area contributed by atoms with E-state index in [1.807, 2.05) is 62.1 Å². The summed E-state index contributed by atoms with van der Waals surface area (Å²) in [4.78, 5) is 11.2. The number of benzene rings is 1. The summed E-state index contributed by atoms with van der Waals surface area (Å²) in [5.74, 6) is 1.87. The highest BCUT2D eigenvalue weighted by Crippen LogP contribution is 2.20. The van der Waals surface area contributed by atoms with Crippen LogP contribution in [-0.4, -0.2) is 45.7 Å². The first-order valence-electron chi connectivity index (χ1n) is 9.35. The summed E-state index contributed by atoms with van der Waals surface area (Å²) in [5, 5.41) is 8.70. The van der Waals surface area contributed by atoms with Crippen LogP contribution in [0.15, 0.2) is 46.0 Å². The molecule has 0 bridgehead atoms. The minimum atomic E-state index is 0.524. The molecule has 0 unspecified atom stereocenters. The molecule has 2 heterocycles. The van der Waals surface area contributed by atoms with Crippen molar-refractivity contribution >= 4 is 29.2 Å². The summed E-state index contributed by atoms with van der Waals surface area (Å²) in [6, 6.07) is 9.33. The summed E-state index contributed by atoms with van der Waals surface area (Å²) in [7, 11) is 3.97. The molecule has 0 aliphatic carbocycles. The Hall–Kier alpha value is -2.51. The molecule has 1 N–H and O–H groups in total. The van der Waals surface area contributed by atoms with E-state index in [1.54, 1.807) is 0 Å². The zero-order chi connectivity index (χ0) is 20.8. The summed E-state index contributed by atoms with van der Waals surface area (Å²) in [5.41, 5.74) is 1.93. The molecule has 0 atom stereocenters.